The van der Waals surface area contributed by atoms with Gasteiger partial charge in [-0.15, -0.1) is 0 Å². The predicted octanol–water partition coefficient (Wildman–Crippen LogP) is 0.154. The lowest BCUT2D eigenvalue weighted by atomic mass is 10.1. The van der Waals surface area contributed by atoms with Gasteiger partial charge in [0.25, 0.3) is 5.91 Å². The van der Waals surface area contributed by atoms with Crippen molar-refractivity contribution in [3.05, 3.63) is 29.8 Å². The second-order valence-corrected chi connectivity index (χ2v) is 7.06. The summed E-state index contributed by atoms with van der Waals surface area (Å²) in [7, 11) is -1.00. The first kappa shape index (κ1) is 14.7. The van der Waals surface area contributed by atoms with Gasteiger partial charge in [0.15, 0.2) is 0 Å². The van der Waals surface area contributed by atoms with Gasteiger partial charge in [-0.1, -0.05) is 0 Å². The molecule has 114 valence electrons. The molecule has 0 radical (unpaired) electrons. The van der Waals surface area contributed by atoms with Gasteiger partial charge < -0.3 is 5.32 Å². The van der Waals surface area contributed by atoms with Crippen LogP contribution < -0.4 is 5.32 Å². The Morgan fingerprint density at radius 3 is 2.43 bits per heavy atom. The highest BCUT2D eigenvalue weighted by Crippen LogP contribution is 2.15. The van der Waals surface area contributed by atoms with Gasteiger partial charge in [0.05, 0.1) is 0 Å². The van der Waals surface area contributed by atoms with E-state index in [4.69, 9.17) is 0 Å². The quantitative estimate of drug-likeness (QED) is 0.861. The van der Waals surface area contributed by atoms with Crippen LogP contribution in [0.4, 0.5) is 0 Å². The van der Waals surface area contributed by atoms with E-state index in [9.17, 15) is 9.00 Å². The number of fused-ring (bicyclic) bond motifs is 3. The number of benzene rings is 1. The topological polar surface area (TPSA) is 52.7 Å². The van der Waals surface area contributed by atoms with Gasteiger partial charge in [0.1, 0.15) is 0 Å². The molecule has 21 heavy (non-hydrogen) atoms. The molecule has 3 saturated heterocycles. The fourth-order valence-corrected chi connectivity index (χ4v) is 3.55. The molecule has 0 spiro atoms. The van der Waals surface area contributed by atoms with Crippen LogP contribution in [0.1, 0.15) is 10.4 Å². The Kier molecular flexibility index (Phi) is 4.37. The molecule has 3 fully saturated rings. The van der Waals surface area contributed by atoms with Gasteiger partial charge >= 0.3 is 0 Å². The summed E-state index contributed by atoms with van der Waals surface area (Å²) >= 11 is 0. The Bertz CT molecular complexity index is 538. The van der Waals surface area contributed by atoms with Crippen molar-refractivity contribution in [3.63, 3.8) is 0 Å². The van der Waals surface area contributed by atoms with Gasteiger partial charge in [-0.2, -0.15) is 0 Å². The number of nitrogens with one attached hydrogen (secondary N) is 1. The maximum absolute atomic E-state index is 12.2. The Morgan fingerprint density at radius 1 is 1.24 bits per heavy atom. The molecular formula is C15H21N3O2S. The summed E-state index contributed by atoms with van der Waals surface area (Å²) in [6.07, 6.45) is 1.64. The highest BCUT2D eigenvalue weighted by molar-refractivity contribution is 7.84. The van der Waals surface area contributed by atoms with E-state index in [0.29, 0.717) is 18.2 Å². The van der Waals surface area contributed by atoms with Crippen LogP contribution in [0.3, 0.4) is 0 Å². The molecule has 3 aliphatic rings. The van der Waals surface area contributed by atoms with Gasteiger partial charge in [-0.3, -0.25) is 18.8 Å². The molecule has 3 heterocycles. The molecule has 5 nitrogen and oxygen atoms in total. The summed E-state index contributed by atoms with van der Waals surface area (Å²) in [5.41, 5.74) is 0.625. The van der Waals surface area contributed by atoms with Crippen LogP contribution >= 0.6 is 0 Å². The lowest BCUT2D eigenvalue weighted by molar-refractivity contribution is 0.0138. The molecule has 1 aromatic rings. The lowest BCUT2D eigenvalue weighted by Crippen LogP contribution is -2.63. The van der Waals surface area contributed by atoms with Crippen LogP contribution in [0.2, 0.25) is 0 Å². The minimum absolute atomic E-state index is 0.0546. The summed E-state index contributed by atoms with van der Waals surface area (Å²) in [6.45, 7) is 6.26. The van der Waals surface area contributed by atoms with Crippen molar-refractivity contribution in [1.29, 1.82) is 0 Å². The average Bonchev–Trinajstić information content (AvgIpc) is 2.54. The third-order valence-electron chi connectivity index (χ3n) is 4.34. The molecule has 1 N–H and O–H groups in total. The van der Waals surface area contributed by atoms with Gasteiger partial charge in [0, 0.05) is 72.8 Å². The fourth-order valence-electron chi connectivity index (χ4n) is 3.03. The Hall–Kier alpha value is -1.24. The van der Waals surface area contributed by atoms with Crippen LogP contribution in [-0.4, -0.2) is 71.5 Å². The van der Waals surface area contributed by atoms with Crippen molar-refractivity contribution >= 4 is 16.7 Å². The summed E-state index contributed by atoms with van der Waals surface area (Å²) in [5.74, 6) is -0.0546. The zero-order chi connectivity index (χ0) is 14.8. The number of rotatable bonds is 4. The third kappa shape index (κ3) is 3.33. The first-order chi connectivity index (χ1) is 10.1. The molecule has 1 amide bonds. The lowest BCUT2D eigenvalue weighted by Gasteiger charge is -2.47. The van der Waals surface area contributed by atoms with E-state index in [-0.39, 0.29) is 5.91 Å². The standard InChI is InChI=1S/C15H21N3O2S/c1-21(20)14-4-2-12(3-5-14)15(19)16-10-13-11-17-6-8-18(13)9-7-17/h2-5,13H,6-11H2,1H3,(H,16,19). The monoisotopic (exact) mass is 307 g/mol. The van der Waals surface area contributed by atoms with E-state index in [2.05, 4.69) is 15.1 Å². The van der Waals surface area contributed by atoms with E-state index >= 15 is 0 Å². The molecule has 0 saturated carbocycles. The van der Waals surface area contributed by atoms with Gasteiger partial charge in [0.2, 0.25) is 0 Å². The number of nitrogens with zero attached hydrogens (tertiary/aromatic N) is 2. The first-order valence-corrected chi connectivity index (χ1v) is 8.87. The SMILES string of the molecule is CS(=O)c1ccc(C(=O)NCC2CN3CCN2CC3)cc1. The van der Waals surface area contributed by atoms with Crippen LogP contribution in [0.15, 0.2) is 29.2 Å². The molecule has 4 rings (SSSR count). The smallest absolute Gasteiger partial charge is 0.251 e. The van der Waals surface area contributed by atoms with Crippen LogP contribution in [0.5, 0.6) is 0 Å². The number of piperazine rings is 3. The van der Waals surface area contributed by atoms with Crippen molar-refractivity contribution < 1.29 is 9.00 Å². The van der Waals surface area contributed by atoms with Gasteiger partial charge in [-0.25, -0.2) is 0 Å². The van der Waals surface area contributed by atoms with Crippen LogP contribution in [-0.2, 0) is 10.8 Å². The maximum Gasteiger partial charge on any atom is 0.251 e. The molecular weight excluding hydrogens is 286 g/mol. The molecule has 0 aromatic heterocycles. The number of carbonyl (C=O) groups excluding carboxylic acids is 1. The Morgan fingerprint density at radius 2 is 1.90 bits per heavy atom. The van der Waals surface area contributed by atoms with Crippen molar-refractivity contribution in [2.45, 2.75) is 10.9 Å². The number of hydrogen-bond acceptors (Lipinski definition) is 4. The molecule has 3 aliphatic heterocycles. The van der Waals surface area contributed by atoms with Crippen LogP contribution in [0.25, 0.3) is 0 Å². The normalized spacial score (nSPS) is 29.1. The van der Waals surface area contributed by atoms with E-state index < -0.39 is 10.8 Å². The van der Waals surface area contributed by atoms with E-state index in [1.807, 2.05) is 0 Å². The highest BCUT2D eigenvalue weighted by atomic mass is 32.2. The second-order valence-electron chi connectivity index (χ2n) is 5.68. The zero-order valence-electron chi connectivity index (χ0n) is 12.2. The summed E-state index contributed by atoms with van der Waals surface area (Å²) < 4.78 is 11.3. The maximum atomic E-state index is 12.2. The number of amides is 1. The molecule has 2 atom stereocenters. The average molecular weight is 307 g/mol. The van der Waals surface area contributed by atoms with Crippen LogP contribution in [0, 0.1) is 0 Å². The van der Waals surface area contributed by atoms with E-state index in [1.165, 1.54) is 0 Å². The van der Waals surface area contributed by atoms with E-state index in [1.54, 1.807) is 30.5 Å². The summed E-state index contributed by atoms with van der Waals surface area (Å²) in [5, 5.41) is 3.02. The second kappa shape index (κ2) is 6.25. The Balaban J connectivity index is 1.55. The minimum Gasteiger partial charge on any atom is -0.350 e. The largest absolute Gasteiger partial charge is 0.350 e. The van der Waals surface area contributed by atoms with Crippen molar-refractivity contribution in [3.8, 4) is 0 Å². The summed E-state index contributed by atoms with van der Waals surface area (Å²) in [6, 6.07) is 7.41. The third-order valence-corrected chi connectivity index (χ3v) is 5.27. The summed E-state index contributed by atoms with van der Waals surface area (Å²) in [4.78, 5) is 17.8. The molecule has 2 unspecified atom stereocenters. The molecule has 1 aromatic carbocycles. The minimum atomic E-state index is -1.00. The van der Waals surface area contributed by atoms with Gasteiger partial charge in [-0.05, 0) is 24.3 Å². The molecule has 0 aliphatic carbocycles. The fraction of sp³-hybridized carbons (Fsp3) is 0.533. The Labute approximate surface area is 127 Å². The van der Waals surface area contributed by atoms with E-state index in [0.717, 1.165) is 37.6 Å². The highest BCUT2D eigenvalue weighted by Gasteiger charge is 2.31. The molecule has 2 bridgehead atoms. The van der Waals surface area contributed by atoms with Crippen molar-refractivity contribution in [2.24, 2.45) is 0 Å². The zero-order valence-corrected chi connectivity index (χ0v) is 13.1. The first-order valence-electron chi connectivity index (χ1n) is 7.31. The number of hydrogen-bond donors (Lipinski definition) is 1. The van der Waals surface area contributed by atoms with Crippen molar-refractivity contribution in [1.82, 2.24) is 15.1 Å². The molecule has 6 heteroatoms. The number of carbonyl (C=O) groups is 1. The predicted molar refractivity (Wildman–Crippen MR) is 82.9 cm³/mol. The van der Waals surface area contributed by atoms with Crippen molar-refractivity contribution in [2.75, 3.05) is 45.5 Å².